The van der Waals surface area contributed by atoms with Crippen molar-refractivity contribution in [3.8, 4) is 5.69 Å². The van der Waals surface area contributed by atoms with Crippen LogP contribution in [0.1, 0.15) is 5.56 Å². The summed E-state index contributed by atoms with van der Waals surface area (Å²) in [4.78, 5) is 8.75. The molecule has 0 unspecified atom stereocenters. The lowest BCUT2D eigenvalue weighted by Crippen LogP contribution is -2.12. The zero-order chi connectivity index (χ0) is 23.1. The van der Waals surface area contributed by atoms with Gasteiger partial charge >= 0.3 is 0 Å². The number of nitrogens with zero attached hydrogens (tertiary/aromatic N) is 3. The van der Waals surface area contributed by atoms with Crippen LogP contribution in [0.25, 0.3) is 16.7 Å². The molecular weight excluding hydrogens is 452 g/mol. The Morgan fingerprint density at radius 2 is 1.66 bits per heavy atom. The second-order valence-corrected chi connectivity index (χ2v) is 10.7. The molecule has 0 atom stereocenters. The van der Waals surface area contributed by atoms with Gasteiger partial charge in [-0.15, -0.1) is 0 Å². The lowest BCUT2D eigenvalue weighted by molar-refractivity contribution is 0.597. The van der Waals surface area contributed by atoms with Crippen LogP contribution in [0.2, 0.25) is 0 Å². The molecule has 2 heterocycles. The average Bonchev–Trinajstić information content (AvgIpc) is 3.15. The van der Waals surface area contributed by atoms with E-state index in [0.29, 0.717) is 28.1 Å². The summed E-state index contributed by atoms with van der Waals surface area (Å²) in [6.45, 7) is 0.185. The van der Waals surface area contributed by atoms with E-state index in [1.807, 2.05) is 0 Å². The number of benzene rings is 2. The molecule has 0 fully saturated rings. The molecule has 4 rings (SSSR count). The highest BCUT2D eigenvalue weighted by molar-refractivity contribution is 7.90. The topological polar surface area (TPSA) is 163 Å². The average molecular weight is 473 g/mol. The van der Waals surface area contributed by atoms with Crippen molar-refractivity contribution in [2.45, 2.75) is 16.3 Å². The fourth-order valence-electron chi connectivity index (χ4n) is 3.39. The Balaban J connectivity index is 1.76. The minimum absolute atomic E-state index is 0.00561. The van der Waals surface area contributed by atoms with Gasteiger partial charge in [-0.05, 0) is 42.0 Å². The van der Waals surface area contributed by atoms with E-state index in [2.05, 4.69) is 15.3 Å². The molecule has 32 heavy (non-hydrogen) atoms. The lowest BCUT2D eigenvalue weighted by Gasteiger charge is -2.13. The smallest absolute Gasteiger partial charge is 0.238 e. The molecular formula is C20H20N6O4S2. The first-order chi connectivity index (χ1) is 15.0. The van der Waals surface area contributed by atoms with Crippen LogP contribution < -0.4 is 16.2 Å². The summed E-state index contributed by atoms with van der Waals surface area (Å²) in [6, 6.07) is 14.5. The molecule has 2 aromatic heterocycles. The second kappa shape index (κ2) is 7.89. The zero-order valence-electron chi connectivity index (χ0n) is 16.9. The highest BCUT2D eigenvalue weighted by atomic mass is 32.2. The predicted octanol–water partition coefficient (Wildman–Crippen LogP) is 1.67. The molecule has 0 spiro atoms. The Kier molecular flexibility index (Phi) is 5.36. The van der Waals surface area contributed by atoms with E-state index in [1.165, 1.54) is 12.1 Å². The van der Waals surface area contributed by atoms with E-state index in [-0.39, 0.29) is 22.3 Å². The minimum Gasteiger partial charge on any atom is -0.368 e. The van der Waals surface area contributed by atoms with E-state index < -0.39 is 19.9 Å². The predicted molar refractivity (Wildman–Crippen MR) is 122 cm³/mol. The van der Waals surface area contributed by atoms with Crippen molar-refractivity contribution in [3.05, 3.63) is 66.4 Å². The largest absolute Gasteiger partial charge is 0.368 e. The molecule has 0 aliphatic carbocycles. The number of primary sulfonamides is 1. The van der Waals surface area contributed by atoms with E-state index in [1.54, 1.807) is 53.2 Å². The van der Waals surface area contributed by atoms with Crippen LogP contribution in [0.3, 0.4) is 0 Å². The molecule has 0 bridgehead atoms. The third kappa shape index (κ3) is 4.28. The van der Waals surface area contributed by atoms with E-state index in [4.69, 9.17) is 10.9 Å². The number of hydrogen-bond donors (Lipinski definition) is 3. The summed E-state index contributed by atoms with van der Waals surface area (Å²) in [7, 11) is -7.22. The van der Waals surface area contributed by atoms with E-state index >= 15 is 0 Å². The molecule has 0 aliphatic rings. The van der Waals surface area contributed by atoms with Crippen molar-refractivity contribution >= 4 is 42.7 Å². The van der Waals surface area contributed by atoms with Crippen molar-refractivity contribution in [1.82, 2.24) is 14.5 Å². The molecule has 5 N–H and O–H groups in total. The van der Waals surface area contributed by atoms with Crippen molar-refractivity contribution in [2.24, 2.45) is 5.14 Å². The summed E-state index contributed by atoms with van der Waals surface area (Å²) >= 11 is 0. The second-order valence-electron chi connectivity index (χ2n) is 7.12. The van der Waals surface area contributed by atoms with E-state index in [9.17, 15) is 16.8 Å². The zero-order valence-corrected chi connectivity index (χ0v) is 18.6. The standard InChI is InChI=1S/C20H20N6O4S2/c1-31(27,28)17-5-3-2-4-13(17)12-23-19-18-16(24-20(21)25-19)10-11-26(18)14-6-8-15(9-7-14)32(22,29)30/h2-11H,12H2,1H3,(H2,22,29,30)(H3,21,23,24,25). The minimum atomic E-state index is -3.81. The third-order valence-corrected chi connectivity index (χ3v) is 6.94. The van der Waals surface area contributed by atoms with Crippen LogP contribution >= 0.6 is 0 Å². The molecule has 12 heteroatoms. The van der Waals surface area contributed by atoms with Gasteiger partial charge in [-0.1, -0.05) is 18.2 Å². The van der Waals surface area contributed by atoms with Crippen LogP contribution in [-0.2, 0) is 26.4 Å². The molecule has 0 aliphatic heterocycles. The maximum atomic E-state index is 12.1. The highest BCUT2D eigenvalue weighted by Crippen LogP contribution is 2.27. The number of hydrogen-bond acceptors (Lipinski definition) is 8. The number of rotatable bonds is 6. The summed E-state index contributed by atoms with van der Waals surface area (Å²) < 4.78 is 49.0. The Morgan fingerprint density at radius 3 is 2.31 bits per heavy atom. The Labute approximate surface area is 184 Å². The van der Waals surface area contributed by atoms with Crippen LogP contribution in [0.5, 0.6) is 0 Å². The fourth-order valence-corrected chi connectivity index (χ4v) is 4.85. The maximum Gasteiger partial charge on any atom is 0.238 e. The maximum absolute atomic E-state index is 12.1. The van der Waals surface area contributed by atoms with Gasteiger partial charge in [0.05, 0.1) is 15.3 Å². The van der Waals surface area contributed by atoms with Gasteiger partial charge < -0.3 is 15.6 Å². The number of fused-ring (bicyclic) bond motifs is 1. The van der Waals surface area contributed by atoms with Gasteiger partial charge in [-0.3, -0.25) is 0 Å². The highest BCUT2D eigenvalue weighted by Gasteiger charge is 2.16. The van der Waals surface area contributed by atoms with Crippen LogP contribution in [0.4, 0.5) is 11.8 Å². The van der Waals surface area contributed by atoms with Crippen molar-refractivity contribution in [2.75, 3.05) is 17.3 Å². The van der Waals surface area contributed by atoms with Gasteiger partial charge in [0.15, 0.2) is 15.7 Å². The van der Waals surface area contributed by atoms with Gasteiger partial charge in [0.2, 0.25) is 16.0 Å². The van der Waals surface area contributed by atoms with Crippen LogP contribution in [-0.4, -0.2) is 37.6 Å². The SMILES string of the molecule is CS(=O)(=O)c1ccccc1CNc1nc(N)nc2ccn(-c3ccc(S(N)(=O)=O)cc3)c12. The Hall–Kier alpha value is -3.48. The number of anilines is 2. The number of sulfonamides is 1. The van der Waals surface area contributed by atoms with E-state index in [0.717, 1.165) is 6.26 Å². The number of nitrogens with two attached hydrogens (primary N) is 2. The first-order valence-electron chi connectivity index (χ1n) is 9.34. The molecule has 10 nitrogen and oxygen atoms in total. The van der Waals surface area contributed by atoms with Crippen molar-refractivity contribution in [3.63, 3.8) is 0 Å². The van der Waals surface area contributed by atoms with Gasteiger partial charge in [-0.25, -0.2) is 27.0 Å². The molecule has 0 amide bonds. The number of nitrogen functional groups attached to an aromatic ring is 1. The van der Waals surface area contributed by atoms with Crippen LogP contribution in [0, 0.1) is 0 Å². The van der Waals surface area contributed by atoms with Gasteiger partial charge in [0, 0.05) is 24.7 Å². The van der Waals surface area contributed by atoms with Crippen molar-refractivity contribution < 1.29 is 16.8 Å². The van der Waals surface area contributed by atoms with Gasteiger partial charge in [0.1, 0.15) is 5.52 Å². The van der Waals surface area contributed by atoms with Gasteiger partial charge in [0.25, 0.3) is 0 Å². The summed E-state index contributed by atoms with van der Waals surface area (Å²) in [5.74, 6) is 0.454. The first kappa shape index (κ1) is 21.7. The fraction of sp³-hybridized carbons (Fsp3) is 0.100. The number of nitrogens with one attached hydrogen (secondary N) is 1. The molecule has 0 saturated heterocycles. The molecule has 0 saturated carbocycles. The molecule has 2 aromatic carbocycles. The Morgan fingerprint density at radius 1 is 0.969 bits per heavy atom. The monoisotopic (exact) mass is 472 g/mol. The quantitative estimate of drug-likeness (QED) is 0.381. The molecule has 4 aromatic rings. The van der Waals surface area contributed by atoms with Gasteiger partial charge in [-0.2, -0.15) is 4.98 Å². The summed E-state index contributed by atoms with van der Waals surface area (Å²) in [5.41, 5.74) is 8.25. The first-order valence-corrected chi connectivity index (χ1v) is 12.8. The number of sulfone groups is 1. The number of aromatic nitrogens is 3. The Bertz CT molecular complexity index is 1530. The summed E-state index contributed by atoms with van der Waals surface area (Å²) in [5, 5.41) is 8.33. The molecule has 166 valence electrons. The normalized spacial score (nSPS) is 12.2. The summed E-state index contributed by atoms with van der Waals surface area (Å²) in [6.07, 6.45) is 2.91. The third-order valence-electron chi connectivity index (χ3n) is 4.81. The lowest BCUT2D eigenvalue weighted by atomic mass is 10.2. The molecule has 0 radical (unpaired) electrons. The van der Waals surface area contributed by atoms with Crippen molar-refractivity contribution in [1.29, 1.82) is 0 Å². The van der Waals surface area contributed by atoms with Crippen LogP contribution in [0.15, 0.2) is 70.6 Å².